The quantitative estimate of drug-likeness (QED) is 0.0354. The summed E-state index contributed by atoms with van der Waals surface area (Å²) in [4.78, 5) is 25.1. The molecule has 4 aromatic rings. The summed E-state index contributed by atoms with van der Waals surface area (Å²) in [6.45, 7) is 11.1. The summed E-state index contributed by atoms with van der Waals surface area (Å²) in [5.41, 5.74) is -0.515. The van der Waals surface area contributed by atoms with Crippen LogP contribution in [0.5, 0.6) is 23.0 Å². The number of benzene rings is 4. The predicted octanol–water partition coefficient (Wildman–Crippen LogP) is 15.5. The van der Waals surface area contributed by atoms with Crippen molar-refractivity contribution in [1.82, 2.24) is 0 Å². The maximum atomic E-state index is 12.6. The van der Waals surface area contributed by atoms with Crippen LogP contribution in [-0.4, -0.2) is 48.6 Å². The lowest BCUT2D eigenvalue weighted by molar-refractivity contribution is 0.0652. The van der Waals surface area contributed by atoms with E-state index in [9.17, 15) is 19.8 Å². The van der Waals surface area contributed by atoms with Crippen LogP contribution in [0.15, 0.2) is 36.4 Å². The van der Waals surface area contributed by atoms with Gasteiger partial charge in [0.1, 0.15) is 0 Å². The van der Waals surface area contributed by atoms with Crippen LogP contribution in [0.4, 0.5) is 0 Å². The second kappa shape index (κ2) is 27.6. The summed E-state index contributed by atoms with van der Waals surface area (Å²) < 4.78 is 26.1. The molecular weight excluding hydrogens is 753 g/mol. The van der Waals surface area contributed by atoms with Crippen LogP contribution < -0.4 is 18.9 Å². The number of hydrogen-bond acceptors (Lipinski definition) is 6. The Kier molecular flexibility index (Phi) is 22.3. The van der Waals surface area contributed by atoms with Crippen molar-refractivity contribution >= 4 is 44.3 Å². The summed E-state index contributed by atoms with van der Waals surface area (Å²) in [6.07, 6.45) is 27.5. The predicted molar refractivity (Wildman–Crippen MR) is 248 cm³/mol. The van der Waals surface area contributed by atoms with E-state index in [-0.39, 0.29) is 11.1 Å². The Labute approximate surface area is 360 Å². The van der Waals surface area contributed by atoms with E-state index < -0.39 is 11.9 Å². The van der Waals surface area contributed by atoms with Gasteiger partial charge in [0.25, 0.3) is 0 Å². The maximum absolute atomic E-state index is 12.6. The van der Waals surface area contributed by atoms with Gasteiger partial charge in [0, 0.05) is 0 Å². The molecule has 8 nitrogen and oxygen atoms in total. The highest BCUT2D eigenvalue weighted by molar-refractivity contribution is 6.28. The fourth-order valence-electron chi connectivity index (χ4n) is 8.12. The Bertz CT molecular complexity index is 1760. The van der Waals surface area contributed by atoms with Crippen molar-refractivity contribution in [2.24, 2.45) is 0 Å². The van der Waals surface area contributed by atoms with Gasteiger partial charge in [0.2, 0.25) is 0 Å². The van der Waals surface area contributed by atoms with Crippen LogP contribution in [-0.2, 0) is 0 Å². The van der Waals surface area contributed by atoms with E-state index in [0.29, 0.717) is 60.2 Å². The second-order valence-corrected chi connectivity index (χ2v) is 16.7. The minimum Gasteiger partial charge on any atom is -0.490 e. The molecule has 0 heterocycles. The number of fused-ring (bicyclic) bond motifs is 6. The molecule has 0 atom stereocenters. The van der Waals surface area contributed by atoms with E-state index in [0.717, 1.165) is 72.9 Å². The van der Waals surface area contributed by atoms with Crippen molar-refractivity contribution in [1.29, 1.82) is 0 Å². The summed E-state index contributed by atoms with van der Waals surface area (Å²) in [7, 11) is 0. The van der Waals surface area contributed by atoms with Gasteiger partial charge in [-0.05, 0) is 94.4 Å². The van der Waals surface area contributed by atoms with E-state index in [2.05, 4.69) is 27.7 Å². The van der Waals surface area contributed by atoms with Crippen molar-refractivity contribution in [3.63, 3.8) is 0 Å². The molecule has 0 bridgehead atoms. The Balaban J connectivity index is 1.85. The Hall–Kier alpha value is -4.20. The van der Waals surface area contributed by atoms with Crippen LogP contribution in [0.25, 0.3) is 32.3 Å². The van der Waals surface area contributed by atoms with Crippen LogP contribution in [0, 0.1) is 0 Å². The third kappa shape index (κ3) is 15.1. The monoisotopic (exact) mass is 829 g/mol. The number of unbranched alkanes of at least 4 members (excludes halogenated alkanes) is 20. The lowest BCUT2D eigenvalue weighted by atomic mass is 9.90. The zero-order valence-corrected chi connectivity index (χ0v) is 37.6. The summed E-state index contributed by atoms with van der Waals surface area (Å²) >= 11 is 0. The maximum Gasteiger partial charge on any atom is 0.336 e. The molecule has 4 rings (SSSR count). The van der Waals surface area contributed by atoms with Gasteiger partial charge in [-0.3, -0.25) is 0 Å². The first kappa shape index (κ1) is 48.5. The Morgan fingerprint density at radius 1 is 0.333 bits per heavy atom. The SMILES string of the molecule is CCCCCCCCOc1cc2c3cc(OCCCCCCCC)c(OCCCCCCCC)cc3c3cc(C(=O)O)c(C(=O)O)cc3c2cc1OCCCCCCCC. The molecule has 332 valence electrons. The molecule has 0 spiro atoms. The Morgan fingerprint density at radius 3 is 0.750 bits per heavy atom. The van der Waals surface area contributed by atoms with Crippen molar-refractivity contribution in [2.75, 3.05) is 26.4 Å². The van der Waals surface area contributed by atoms with Crippen molar-refractivity contribution < 1.29 is 38.7 Å². The van der Waals surface area contributed by atoms with Gasteiger partial charge in [0.05, 0.1) is 37.6 Å². The fourth-order valence-corrected chi connectivity index (χ4v) is 8.12. The summed E-state index contributed by atoms with van der Waals surface area (Å²) in [6, 6.07) is 11.0. The van der Waals surface area contributed by atoms with Crippen molar-refractivity contribution in [3.8, 4) is 23.0 Å². The van der Waals surface area contributed by atoms with Gasteiger partial charge in [-0.2, -0.15) is 0 Å². The van der Waals surface area contributed by atoms with Gasteiger partial charge in [0.15, 0.2) is 23.0 Å². The average Bonchev–Trinajstić information content (AvgIpc) is 3.24. The topological polar surface area (TPSA) is 112 Å². The number of rotatable bonds is 34. The number of hydrogen-bond donors (Lipinski definition) is 2. The zero-order valence-electron chi connectivity index (χ0n) is 37.6. The van der Waals surface area contributed by atoms with Gasteiger partial charge < -0.3 is 29.2 Å². The van der Waals surface area contributed by atoms with Crippen molar-refractivity contribution in [3.05, 3.63) is 47.5 Å². The molecule has 60 heavy (non-hydrogen) atoms. The lowest BCUT2D eigenvalue weighted by Gasteiger charge is -2.20. The minimum atomic E-state index is -1.29. The molecule has 0 aromatic heterocycles. The normalized spacial score (nSPS) is 11.5. The molecule has 4 aromatic carbocycles. The molecule has 0 radical (unpaired) electrons. The molecule has 0 saturated heterocycles. The first-order chi connectivity index (χ1) is 29.3. The molecule has 0 aliphatic rings. The summed E-state index contributed by atoms with van der Waals surface area (Å²) in [5, 5.41) is 25.0. The molecular formula is C52H76O8. The highest BCUT2D eigenvalue weighted by Gasteiger charge is 2.23. The average molecular weight is 829 g/mol. The fraction of sp³-hybridized carbons (Fsp3) is 0.615. The van der Waals surface area contributed by atoms with Crippen LogP contribution in [0.1, 0.15) is 203 Å². The molecule has 8 heteroatoms. The minimum absolute atomic E-state index is 0.257. The number of carbonyl (C=O) groups is 2. The van der Waals surface area contributed by atoms with E-state index in [1.807, 2.05) is 24.3 Å². The molecule has 0 saturated carbocycles. The van der Waals surface area contributed by atoms with Crippen LogP contribution in [0.2, 0.25) is 0 Å². The lowest BCUT2D eigenvalue weighted by Crippen LogP contribution is -2.08. The van der Waals surface area contributed by atoms with Gasteiger partial charge in [-0.15, -0.1) is 0 Å². The van der Waals surface area contributed by atoms with E-state index >= 15 is 0 Å². The number of carboxylic acids is 2. The van der Waals surface area contributed by atoms with Crippen LogP contribution >= 0.6 is 0 Å². The highest BCUT2D eigenvalue weighted by atomic mass is 16.5. The highest BCUT2D eigenvalue weighted by Crippen LogP contribution is 2.45. The second-order valence-electron chi connectivity index (χ2n) is 16.7. The van der Waals surface area contributed by atoms with E-state index in [1.54, 1.807) is 0 Å². The molecule has 0 fully saturated rings. The standard InChI is InChI=1S/C52H76O8/c1-5-9-13-17-21-25-29-57-47-35-41-39-33-45(51(53)54)46(52(55)56)34-40(39)42-36-48(58-30-26-22-18-14-10-6-2)50(60-32-28-24-20-16-12-8-4)38-44(42)43(41)37-49(47)59-31-27-23-19-15-11-7-3/h33-38H,5-32H2,1-4H3,(H,53,54)(H,55,56). The molecule has 0 aliphatic heterocycles. The van der Waals surface area contributed by atoms with Crippen LogP contribution in [0.3, 0.4) is 0 Å². The van der Waals surface area contributed by atoms with Crippen molar-refractivity contribution in [2.45, 2.75) is 182 Å². The third-order valence-corrected chi connectivity index (χ3v) is 11.7. The molecule has 0 unspecified atom stereocenters. The first-order valence-corrected chi connectivity index (χ1v) is 23.9. The summed E-state index contributed by atoms with van der Waals surface area (Å²) in [5.74, 6) is -0.0482. The smallest absolute Gasteiger partial charge is 0.336 e. The largest absolute Gasteiger partial charge is 0.490 e. The van der Waals surface area contributed by atoms with Gasteiger partial charge in [-0.1, -0.05) is 156 Å². The number of aromatic carboxylic acids is 2. The van der Waals surface area contributed by atoms with E-state index in [4.69, 9.17) is 18.9 Å². The van der Waals surface area contributed by atoms with Gasteiger partial charge in [-0.25, -0.2) is 9.59 Å². The van der Waals surface area contributed by atoms with Gasteiger partial charge >= 0.3 is 11.9 Å². The van der Waals surface area contributed by atoms with E-state index in [1.165, 1.54) is 115 Å². The zero-order chi connectivity index (χ0) is 43.0. The third-order valence-electron chi connectivity index (χ3n) is 11.7. The number of ether oxygens (including phenoxy) is 4. The first-order valence-electron chi connectivity index (χ1n) is 23.9. The molecule has 2 N–H and O–H groups in total. The Morgan fingerprint density at radius 2 is 0.533 bits per heavy atom. The molecule has 0 amide bonds. The molecule has 0 aliphatic carbocycles. The number of carboxylic acid groups (broad SMARTS) is 2.